The third-order valence-electron chi connectivity index (χ3n) is 3.57. The van der Waals surface area contributed by atoms with Crippen LogP contribution in [-0.2, 0) is 4.79 Å². The molecule has 0 atom stereocenters. The summed E-state index contributed by atoms with van der Waals surface area (Å²) >= 11 is 5.89. The molecular formula is C16H7ClF3N3O3. The van der Waals surface area contributed by atoms with E-state index in [0.29, 0.717) is 0 Å². The van der Waals surface area contributed by atoms with Crippen molar-refractivity contribution in [3.63, 3.8) is 0 Å². The summed E-state index contributed by atoms with van der Waals surface area (Å²) in [6.45, 7) is 0. The molecule has 0 bridgehead atoms. The van der Waals surface area contributed by atoms with Crippen molar-refractivity contribution < 1.29 is 27.5 Å². The van der Waals surface area contributed by atoms with Crippen LogP contribution in [0.5, 0.6) is 5.75 Å². The predicted octanol–water partition coefficient (Wildman–Crippen LogP) is 3.09. The molecule has 0 saturated heterocycles. The molecule has 26 heavy (non-hydrogen) atoms. The molecule has 10 heteroatoms. The van der Waals surface area contributed by atoms with Crippen molar-refractivity contribution in [3.05, 3.63) is 51.8 Å². The first-order valence-electron chi connectivity index (χ1n) is 6.90. The maximum Gasteiger partial charge on any atom is 0.482 e. The Balaban J connectivity index is 2.23. The minimum absolute atomic E-state index is 0.107. The Bertz CT molecular complexity index is 1020. The number of benzene rings is 2. The molecule has 1 amide bonds. The fraction of sp³-hybridized carbons (Fsp3) is 0.0625. The van der Waals surface area contributed by atoms with E-state index in [1.165, 1.54) is 0 Å². The SMILES string of the molecule is N#Cc1c2c(cc(N)c1C(=O)c1cc(F)ccc1Cl)OC(F)(F)C(=O)N2. The number of hydrogen-bond acceptors (Lipinski definition) is 5. The summed E-state index contributed by atoms with van der Waals surface area (Å²) < 4.78 is 44.5. The van der Waals surface area contributed by atoms with E-state index in [1.807, 2.05) is 5.32 Å². The molecule has 0 unspecified atom stereocenters. The van der Waals surface area contributed by atoms with Gasteiger partial charge in [0.05, 0.1) is 16.1 Å². The maximum absolute atomic E-state index is 13.4. The Morgan fingerprint density at radius 1 is 1.35 bits per heavy atom. The maximum atomic E-state index is 13.4. The highest BCUT2D eigenvalue weighted by atomic mass is 35.5. The number of halogens is 4. The van der Waals surface area contributed by atoms with Gasteiger partial charge in [0.25, 0.3) is 0 Å². The van der Waals surface area contributed by atoms with E-state index in [1.54, 1.807) is 6.07 Å². The fourth-order valence-electron chi connectivity index (χ4n) is 2.42. The van der Waals surface area contributed by atoms with Gasteiger partial charge in [-0.25, -0.2) is 4.39 Å². The number of nitriles is 1. The second-order valence-electron chi connectivity index (χ2n) is 5.23. The van der Waals surface area contributed by atoms with Gasteiger partial charge in [-0.15, -0.1) is 0 Å². The minimum Gasteiger partial charge on any atom is -0.423 e. The number of rotatable bonds is 2. The highest BCUT2D eigenvalue weighted by molar-refractivity contribution is 6.35. The topological polar surface area (TPSA) is 105 Å². The lowest BCUT2D eigenvalue weighted by Crippen LogP contribution is -2.43. The number of anilines is 2. The number of ketones is 1. The number of alkyl halides is 2. The number of nitrogen functional groups attached to an aromatic ring is 1. The molecule has 2 aromatic carbocycles. The number of carbonyl (C=O) groups is 2. The molecular weight excluding hydrogens is 375 g/mol. The molecule has 0 saturated carbocycles. The summed E-state index contributed by atoms with van der Waals surface area (Å²) in [6.07, 6.45) is -4.16. The summed E-state index contributed by atoms with van der Waals surface area (Å²) in [5.41, 5.74) is 3.69. The summed E-state index contributed by atoms with van der Waals surface area (Å²) in [6, 6.07) is 5.49. The van der Waals surface area contributed by atoms with Gasteiger partial charge < -0.3 is 15.8 Å². The Hall–Kier alpha value is -3.25. The van der Waals surface area contributed by atoms with E-state index < -0.39 is 46.2 Å². The number of nitrogens with one attached hydrogen (secondary N) is 1. The van der Waals surface area contributed by atoms with Gasteiger partial charge in [0.15, 0.2) is 11.5 Å². The monoisotopic (exact) mass is 381 g/mol. The van der Waals surface area contributed by atoms with Crippen molar-refractivity contribution in [2.75, 3.05) is 11.1 Å². The number of hydrogen-bond donors (Lipinski definition) is 2. The van der Waals surface area contributed by atoms with Crippen LogP contribution in [-0.4, -0.2) is 17.8 Å². The van der Waals surface area contributed by atoms with E-state index >= 15 is 0 Å². The van der Waals surface area contributed by atoms with Gasteiger partial charge in [-0.1, -0.05) is 11.6 Å². The molecule has 0 radical (unpaired) electrons. The Kier molecular flexibility index (Phi) is 4.00. The first-order valence-corrected chi connectivity index (χ1v) is 7.28. The zero-order valence-corrected chi connectivity index (χ0v) is 13.3. The van der Waals surface area contributed by atoms with E-state index in [9.17, 15) is 28.0 Å². The summed E-state index contributed by atoms with van der Waals surface area (Å²) in [5.74, 6) is -4.07. The Morgan fingerprint density at radius 2 is 2.04 bits per heavy atom. The molecule has 0 aromatic heterocycles. The van der Waals surface area contributed by atoms with Gasteiger partial charge in [-0.3, -0.25) is 9.59 Å². The van der Waals surface area contributed by atoms with Crippen LogP contribution in [0.25, 0.3) is 0 Å². The molecule has 1 aliphatic heterocycles. The van der Waals surface area contributed by atoms with Crippen LogP contribution in [0.4, 0.5) is 24.5 Å². The number of fused-ring (bicyclic) bond motifs is 1. The van der Waals surface area contributed by atoms with Crippen LogP contribution in [0.3, 0.4) is 0 Å². The number of ether oxygens (including phenoxy) is 1. The second-order valence-corrected chi connectivity index (χ2v) is 5.63. The fourth-order valence-corrected chi connectivity index (χ4v) is 2.62. The third kappa shape index (κ3) is 2.70. The summed E-state index contributed by atoms with van der Waals surface area (Å²) in [7, 11) is 0. The lowest BCUT2D eigenvalue weighted by Gasteiger charge is -2.26. The van der Waals surface area contributed by atoms with E-state index in [2.05, 4.69) is 4.74 Å². The quantitative estimate of drug-likeness (QED) is 0.614. The van der Waals surface area contributed by atoms with Crippen LogP contribution < -0.4 is 15.8 Å². The molecule has 2 aromatic rings. The number of nitrogens with zero attached hydrogens (tertiary/aromatic N) is 1. The number of carbonyl (C=O) groups excluding carboxylic acids is 2. The van der Waals surface area contributed by atoms with Crippen molar-refractivity contribution in [1.29, 1.82) is 5.26 Å². The molecule has 0 aliphatic carbocycles. The van der Waals surface area contributed by atoms with Gasteiger partial charge >= 0.3 is 12.0 Å². The average Bonchev–Trinajstić information content (AvgIpc) is 2.56. The van der Waals surface area contributed by atoms with Crippen LogP contribution >= 0.6 is 11.6 Å². The molecule has 0 spiro atoms. The molecule has 132 valence electrons. The number of nitrogens with two attached hydrogens (primary N) is 1. The normalized spacial score (nSPS) is 14.7. The van der Waals surface area contributed by atoms with Crippen LogP contribution in [0, 0.1) is 17.1 Å². The highest BCUT2D eigenvalue weighted by Gasteiger charge is 2.47. The minimum atomic E-state index is -4.16. The van der Waals surface area contributed by atoms with Crippen LogP contribution in [0.2, 0.25) is 5.02 Å². The molecule has 1 aliphatic rings. The van der Waals surface area contributed by atoms with Crippen LogP contribution in [0.1, 0.15) is 21.5 Å². The molecule has 3 N–H and O–H groups in total. The van der Waals surface area contributed by atoms with Crippen molar-refractivity contribution in [3.8, 4) is 11.8 Å². The van der Waals surface area contributed by atoms with Crippen molar-refractivity contribution in [1.82, 2.24) is 0 Å². The first-order chi connectivity index (χ1) is 12.2. The van der Waals surface area contributed by atoms with Gasteiger partial charge in [0.1, 0.15) is 17.6 Å². The van der Waals surface area contributed by atoms with E-state index in [0.717, 1.165) is 24.3 Å². The predicted molar refractivity (Wildman–Crippen MR) is 84.6 cm³/mol. The second kappa shape index (κ2) is 5.93. The van der Waals surface area contributed by atoms with Crippen LogP contribution in [0.15, 0.2) is 24.3 Å². The highest BCUT2D eigenvalue weighted by Crippen LogP contribution is 2.42. The molecule has 6 nitrogen and oxygen atoms in total. The smallest absolute Gasteiger partial charge is 0.423 e. The summed E-state index contributed by atoms with van der Waals surface area (Å²) in [5, 5.41) is 11.1. The Morgan fingerprint density at radius 3 is 2.69 bits per heavy atom. The van der Waals surface area contributed by atoms with Gasteiger partial charge in [-0.05, 0) is 18.2 Å². The largest absolute Gasteiger partial charge is 0.482 e. The van der Waals surface area contributed by atoms with Crippen molar-refractivity contribution in [2.45, 2.75) is 6.11 Å². The molecule has 0 fully saturated rings. The van der Waals surface area contributed by atoms with Crippen molar-refractivity contribution in [2.24, 2.45) is 0 Å². The number of amides is 1. The lowest BCUT2D eigenvalue weighted by atomic mass is 9.94. The summed E-state index contributed by atoms with van der Waals surface area (Å²) in [4.78, 5) is 24.1. The zero-order valence-electron chi connectivity index (χ0n) is 12.6. The van der Waals surface area contributed by atoms with Gasteiger partial charge in [0, 0.05) is 17.3 Å². The van der Waals surface area contributed by atoms with Crippen molar-refractivity contribution >= 4 is 34.7 Å². The molecule has 3 rings (SSSR count). The van der Waals surface area contributed by atoms with E-state index in [-0.39, 0.29) is 16.3 Å². The standard InChI is InChI=1S/C16H7ClF3N3O3/c17-9-2-1-6(18)3-7(9)14(24)12-8(5-21)13-11(4-10(12)22)26-16(19,20)15(25)23-13/h1-4H,22H2,(H,23,25). The van der Waals surface area contributed by atoms with E-state index in [4.69, 9.17) is 17.3 Å². The average molecular weight is 382 g/mol. The lowest BCUT2D eigenvalue weighted by molar-refractivity contribution is -0.189. The Labute approximate surface area is 148 Å². The third-order valence-corrected chi connectivity index (χ3v) is 3.90. The zero-order chi connectivity index (χ0) is 19.2. The first kappa shape index (κ1) is 17.6. The van der Waals surface area contributed by atoms with Gasteiger partial charge in [-0.2, -0.15) is 14.0 Å². The van der Waals surface area contributed by atoms with Gasteiger partial charge in [0.2, 0.25) is 0 Å². The molecule has 1 heterocycles.